The maximum Gasteiger partial charge on any atom is 0.339 e. The first-order chi connectivity index (χ1) is 16.5. The fraction of sp³-hybridized carbons (Fsp3) is 0. The van der Waals surface area contributed by atoms with Crippen LogP contribution >= 0.6 is 0 Å². The second kappa shape index (κ2) is 8.91. The molecule has 5 heterocycles. The molecule has 0 saturated carbocycles. The quantitative estimate of drug-likeness (QED) is 0.256. The molecule has 8 bridgehead atoms. The molecule has 0 amide bonds. The summed E-state index contributed by atoms with van der Waals surface area (Å²) < 4.78 is 0. The lowest BCUT2D eigenvalue weighted by atomic mass is 10.2. The Morgan fingerprint density at radius 3 is 1.50 bits per heavy atom. The van der Waals surface area contributed by atoms with E-state index >= 15 is 0 Å². The highest BCUT2D eigenvalue weighted by Crippen LogP contribution is 2.17. The molecule has 1 aromatic carbocycles. The monoisotopic (exact) mass is 448 g/mol. The van der Waals surface area contributed by atoms with Crippen molar-refractivity contribution in [2.45, 2.75) is 0 Å². The number of rotatable bonds is 1. The molecule has 3 aromatic heterocycles. The summed E-state index contributed by atoms with van der Waals surface area (Å²) in [6.45, 7) is 0. The topological polar surface area (TPSA) is 115 Å². The zero-order valence-electron chi connectivity index (χ0n) is 17.9. The van der Waals surface area contributed by atoms with Crippen molar-refractivity contribution in [3.8, 4) is 5.75 Å². The molecule has 0 saturated heterocycles. The van der Waals surface area contributed by atoms with Gasteiger partial charge in [-0.1, -0.05) is 12.1 Å². The highest BCUT2D eigenvalue weighted by molar-refractivity contribution is 5.90. The molecule has 0 spiro atoms. The van der Waals surface area contributed by atoms with Crippen LogP contribution in [-0.4, -0.2) is 36.1 Å². The highest BCUT2D eigenvalue weighted by atomic mass is 16.4. The van der Waals surface area contributed by atoms with Crippen molar-refractivity contribution in [3.63, 3.8) is 0 Å². The first-order valence-corrected chi connectivity index (χ1v) is 10.6. The number of aromatic hydroxyl groups is 1. The van der Waals surface area contributed by atoms with Gasteiger partial charge >= 0.3 is 5.97 Å². The molecule has 0 atom stereocenters. The minimum absolute atomic E-state index is 0.0671. The molecule has 2 aliphatic heterocycles. The number of hydrogen-bond donors (Lipinski definition) is 4. The van der Waals surface area contributed by atoms with E-state index in [4.69, 9.17) is 10.2 Å². The number of para-hydroxylation sites is 1. The Morgan fingerprint density at radius 2 is 1.06 bits per heavy atom. The molecule has 166 valence electrons. The number of phenols is 1. The summed E-state index contributed by atoms with van der Waals surface area (Å²) in [7, 11) is 0. The third kappa shape index (κ3) is 4.78. The standard InChI is InChI=1S/C20H14N4.C7H6O3/c1-2-14-10-16-5-6-18(23-16)12-20-8-7-19(24-20)11-17-4-3-15(22-17)9-13(1)21-14;8-6-4-2-1-3-5(6)7(9)10/h1-12,21-22H;1-4,8H,(H,9,10). The highest BCUT2D eigenvalue weighted by Gasteiger charge is 2.06. The van der Waals surface area contributed by atoms with E-state index in [2.05, 4.69) is 50.3 Å². The average Bonchev–Trinajstić information content (AvgIpc) is 3.60. The fourth-order valence-electron chi connectivity index (χ4n) is 3.60. The third-order valence-electron chi connectivity index (χ3n) is 5.18. The van der Waals surface area contributed by atoms with Gasteiger partial charge in [0, 0.05) is 22.1 Å². The summed E-state index contributed by atoms with van der Waals surface area (Å²) in [6, 6.07) is 22.2. The van der Waals surface area contributed by atoms with Crippen LogP contribution in [-0.2, 0) is 0 Å². The van der Waals surface area contributed by atoms with Crippen molar-refractivity contribution < 1.29 is 15.0 Å². The van der Waals surface area contributed by atoms with Crippen LogP contribution in [0.5, 0.6) is 5.75 Å². The van der Waals surface area contributed by atoms with Gasteiger partial charge in [0.2, 0.25) is 0 Å². The average molecular weight is 448 g/mol. The fourth-order valence-corrected chi connectivity index (χ4v) is 3.60. The number of nitrogens with one attached hydrogen (secondary N) is 2. The summed E-state index contributed by atoms with van der Waals surface area (Å²) in [6.07, 6.45) is 8.05. The molecule has 7 nitrogen and oxygen atoms in total. The lowest BCUT2D eigenvalue weighted by Crippen LogP contribution is -1.95. The predicted octanol–water partition coefficient (Wildman–Crippen LogP) is 5.75. The summed E-state index contributed by atoms with van der Waals surface area (Å²) in [5.74, 6) is -1.31. The Morgan fingerprint density at radius 1 is 0.618 bits per heavy atom. The van der Waals surface area contributed by atoms with Gasteiger partial charge in [0.05, 0.1) is 22.8 Å². The summed E-state index contributed by atoms with van der Waals surface area (Å²) in [4.78, 5) is 26.3. The molecule has 0 radical (unpaired) electrons. The van der Waals surface area contributed by atoms with Crippen molar-refractivity contribution in [3.05, 3.63) is 101 Å². The van der Waals surface area contributed by atoms with Gasteiger partial charge in [0.25, 0.3) is 0 Å². The van der Waals surface area contributed by atoms with Gasteiger partial charge in [0.15, 0.2) is 0 Å². The predicted molar refractivity (Wildman–Crippen MR) is 134 cm³/mol. The Labute approximate surface area is 194 Å². The largest absolute Gasteiger partial charge is 0.507 e. The van der Waals surface area contributed by atoms with E-state index in [1.807, 2.05) is 42.5 Å². The normalized spacial score (nSPS) is 11.6. The van der Waals surface area contributed by atoms with Crippen LogP contribution in [0.3, 0.4) is 0 Å². The molecule has 4 N–H and O–H groups in total. The zero-order chi connectivity index (χ0) is 23.5. The van der Waals surface area contributed by atoms with E-state index < -0.39 is 5.97 Å². The van der Waals surface area contributed by atoms with E-state index in [-0.39, 0.29) is 11.3 Å². The van der Waals surface area contributed by atoms with Crippen molar-refractivity contribution >= 4 is 52.3 Å². The Hall–Kier alpha value is -4.91. The van der Waals surface area contributed by atoms with E-state index in [0.29, 0.717) is 0 Å². The van der Waals surface area contributed by atoms with Crippen molar-refractivity contribution in [1.29, 1.82) is 0 Å². The van der Waals surface area contributed by atoms with Crippen LogP contribution in [0.25, 0.3) is 46.4 Å². The van der Waals surface area contributed by atoms with E-state index in [1.165, 1.54) is 12.1 Å². The summed E-state index contributed by atoms with van der Waals surface area (Å²) in [5.41, 5.74) is 7.79. The molecule has 4 aromatic rings. The van der Waals surface area contributed by atoms with Gasteiger partial charge in [-0.25, -0.2) is 14.8 Å². The molecular formula is C27H20N4O3. The van der Waals surface area contributed by atoms with E-state index in [9.17, 15) is 4.79 Å². The molecule has 0 unspecified atom stereocenters. The van der Waals surface area contributed by atoms with Crippen LogP contribution in [0.1, 0.15) is 33.1 Å². The lowest BCUT2D eigenvalue weighted by Gasteiger charge is -1.95. The number of benzene rings is 1. The SMILES string of the molecule is C1=Cc2cc3ccc(cc4ccc(cc5nc(cc1n2)C=C5)[nH]4)[nH]3.O=C(O)c1ccccc1O. The number of aromatic nitrogens is 4. The van der Waals surface area contributed by atoms with Crippen molar-refractivity contribution in [2.75, 3.05) is 0 Å². The second-order valence-corrected chi connectivity index (χ2v) is 7.73. The Balaban J connectivity index is 0.000000204. The van der Waals surface area contributed by atoms with E-state index in [0.717, 1.165) is 44.8 Å². The number of hydrogen-bond acceptors (Lipinski definition) is 4. The number of nitrogens with zero attached hydrogens (tertiary/aromatic N) is 2. The number of aromatic amines is 2. The Bertz CT molecular complexity index is 1520. The van der Waals surface area contributed by atoms with Gasteiger partial charge in [-0.15, -0.1) is 0 Å². The van der Waals surface area contributed by atoms with Gasteiger partial charge in [-0.05, 0) is 85.0 Å². The molecule has 0 aliphatic carbocycles. The maximum absolute atomic E-state index is 10.3. The first-order valence-electron chi connectivity index (χ1n) is 10.6. The molecule has 7 heteroatoms. The minimum Gasteiger partial charge on any atom is -0.507 e. The second-order valence-electron chi connectivity index (χ2n) is 7.73. The van der Waals surface area contributed by atoms with Crippen LogP contribution in [0.15, 0.2) is 72.8 Å². The van der Waals surface area contributed by atoms with Gasteiger partial charge in [-0.2, -0.15) is 0 Å². The summed E-state index contributed by atoms with van der Waals surface area (Å²) >= 11 is 0. The third-order valence-corrected chi connectivity index (χ3v) is 5.18. The zero-order valence-corrected chi connectivity index (χ0v) is 17.9. The van der Waals surface area contributed by atoms with Crippen molar-refractivity contribution in [2.24, 2.45) is 0 Å². The minimum atomic E-state index is -1.11. The van der Waals surface area contributed by atoms with Crippen LogP contribution in [0.4, 0.5) is 0 Å². The number of aromatic carboxylic acids is 1. The van der Waals surface area contributed by atoms with Crippen LogP contribution < -0.4 is 0 Å². The number of carboxylic acids is 1. The van der Waals surface area contributed by atoms with Gasteiger partial charge in [-0.3, -0.25) is 0 Å². The van der Waals surface area contributed by atoms with Gasteiger partial charge in [0.1, 0.15) is 11.3 Å². The smallest absolute Gasteiger partial charge is 0.339 e. The number of carboxylic acid groups (broad SMARTS) is 1. The molecule has 6 rings (SSSR count). The summed E-state index contributed by atoms with van der Waals surface area (Å²) in [5, 5.41) is 17.3. The van der Waals surface area contributed by atoms with Crippen LogP contribution in [0.2, 0.25) is 0 Å². The van der Waals surface area contributed by atoms with Gasteiger partial charge < -0.3 is 20.2 Å². The number of carbonyl (C=O) groups is 1. The lowest BCUT2D eigenvalue weighted by molar-refractivity contribution is 0.0693. The first kappa shape index (κ1) is 21.0. The molecule has 34 heavy (non-hydrogen) atoms. The number of fused-ring (bicyclic) bond motifs is 8. The van der Waals surface area contributed by atoms with Crippen molar-refractivity contribution in [1.82, 2.24) is 19.9 Å². The molecule has 2 aliphatic rings. The molecule has 0 fully saturated rings. The van der Waals surface area contributed by atoms with Crippen LogP contribution in [0, 0.1) is 0 Å². The maximum atomic E-state index is 10.3. The Kier molecular flexibility index (Phi) is 5.50. The number of H-pyrrole nitrogens is 2. The molecular weight excluding hydrogens is 428 g/mol. The van der Waals surface area contributed by atoms with E-state index in [1.54, 1.807) is 12.1 Å².